The molecule has 98 valence electrons. The normalized spacial score (nSPS) is 28.2. The Bertz CT molecular complexity index is 559. The smallest absolute Gasteiger partial charge is 0.179 e. The largest absolute Gasteiger partial charge is 0.330 e. The summed E-state index contributed by atoms with van der Waals surface area (Å²) in [6, 6.07) is 7.46. The van der Waals surface area contributed by atoms with Crippen molar-refractivity contribution >= 4 is 9.84 Å². The van der Waals surface area contributed by atoms with E-state index in [4.69, 9.17) is 5.73 Å². The fourth-order valence-corrected chi connectivity index (χ4v) is 5.74. The Morgan fingerprint density at radius 3 is 2.56 bits per heavy atom. The van der Waals surface area contributed by atoms with Crippen LogP contribution in [0, 0.1) is 5.41 Å². The first-order chi connectivity index (χ1) is 8.59. The van der Waals surface area contributed by atoms with E-state index in [0.29, 0.717) is 11.4 Å². The standard InChI is InChI=1S/C14H19NO2S/c15-10-14(7-3-4-8-14)12-9-18(16,17)13-6-2-1-5-11(12)13/h1-2,5-6,12H,3-4,7-10,15H2. The molecule has 1 saturated carbocycles. The molecule has 0 radical (unpaired) electrons. The van der Waals surface area contributed by atoms with Crippen molar-refractivity contribution in [3.63, 3.8) is 0 Å². The highest BCUT2D eigenvalue weighted by Crippen LogP contribution is 2.53. The van der Waals surface area contributed by atoms with Crippen molar-refractivity contribution in [3.05, 3.63) is 29.8 Å². The topological polar surface area (TPSA) is 60.2 Å². The second-order valence-electron chi connectivity index (χ2n) is 5.65. The van der Waals surface area contributed by atoms with Gasteiger partial charge in [-0.05, 0) is 36.4 Å². The summed E-state index contributed by atoms with van der Waals surface area (Å²) in [5, 5.41) is 0. The molecular formula is C14H19NO2S. The van der Waals surface area contributed by atoms with E-state index in [1.807, 2.05) is 18.2 Å². The maximum atomic E-state index is 12.2. The van der Waals surface area contributed by atoms with E-state index in [-0.39, 0.29) is 17.1 Å². The lowest BCUT2D eigenvalue weighted by molar-refractivity contribution is 0.256. The molecule has 0 bridgehead atoms. The van der Waals surface area contributed by atoms with E-state index in [1.54, 1.807) is 6.07 Å². The number of hydrogen-bond donors (Lipinski definition) is 1. The number of nitrogens with two attached hydrogens (primary N) is 1. The van der Waals surface area contributed by atoms with E-state index >= 15 is 0 Å². The summed E-state index contributed by atoms with van der Waals surface area (Å²) in [7, 11) is -3.10. The van der Waals surface area contributed by atoms with Gasteiger partial charge < -0.3 is 5.73 Å². The van der Waals surface area contributed by atoms with Crippen LogP contribution in [-0.4, -0.2) is 20.7 Å². The van der Waals surface area contributed by atoms with Crippen LogP contribution >= 0.6 is 0 Å². The van der Waals surface area contributed by atoms with Gasteiger partial charge in [0.2, 0.25) is 0 Å². The highest BCUT2D eigenvalue weighted by molar-refractivity contribution is 7.91. The number of fused-ring (bicyclic) bond motifs is 1. The zero-order chi connectivity index (χ0) is 12.8. The zero-order valence-corrected chi connectivity index (χ0v) is 11.2. The summed E-state index contributed by atoms with van der Waals surface area (Å²) in [4.78, 5) is 0.537. The van der Waals surface area contributed by atoms with Crippen LogP contribution in [0.5, 0.6) is 0 Å². The Morgan fingerprint density at radius 1 is 1.22 bits per heavy atom. The third kappa shape index (κ3) is 1.62. The van der Waals surface area contributed by atoms with Crippen LogP contribution in [0.4, 0.5) is 0 Å². The number of benzene rings is 1. The Balaban J connectivity index is 2.11. The first kappa shape index (κ1) is 12.2. The second-order valence-corrected chi connectivity index (χ2v) is 7.65. The lowest BCUT2D eigenvalue weighted by atomic mass is 9.72. The first-order valence-electron chi connectivity index (χ1n) is 6.61. The SMILES string of the molecule is NCC1(C2CS(=O)(=O)c3ccccc32)CCCC1. The minimum absolute atomic E-state index is 0.0136. The van der Waals surface area contributed by atoms with Crippen molar-refractivity contribution in [2.45, 2.75) is 36.5 Å². The molecule has 2 aliphatic rings. The fraction of sp³-hybridized carbons (Fsp3) is 0.571. The van der Waals surface area contributed by atoms with Crippen molar-refractivity contribution in [3.8, 4) is 0 Å². The first-order valence-corrected chi connectivity index (χ1v) is 8.26. The molecule has 3 rings (SSSR count). The molecular weight excluding hydrogens is 246 g/mol. The quantitative estimate of drug-likeness (QED) is 0.890. The summed E-state index contributed by atoms with van der Waals surface area (Å²) < 4.78 is 24.5. The minimum atomic E-state index is -3.10. The summed E-state index contributed by atoms with van der Waals surface area (Å²) in [5.74, 6) is 0.356. The Labute approximate surface area is 108 Å². The highest BCUT2D eigenvalue weighted by Gasteiger charge is 2.48. The Hall–Kier alpha value is -0.870. The predicted octanol–water partition coefficient (Wildman–Crippen LogP) is 2.08. The molecule has 1 aliphatic heterocycles. The van der Waals surface area contributed by atoms with Gasteiger partial charge in [-0.3, -0.25) is 0 Å². The molecule has 1 heterocycles. The fourth-order valence-electron chi connectivity index (χ4n) is 3.73. The van der Waals surface area contributed by atoms with Crippen LogP contribution in [0.15, 0.2) is 29.2 Å². The molecule has 0 amide bonds. The maximum absolute atomic E-state index is 12.2. The second kappa shape index (κ2) is 4.07. The number of hydrogen-bond acceptors (Lipinski definition) is 3. The van der Waals surface area contributed by atoms with Gasteiger partial charge in [0.1, 0.15) is 0 Å². The molecule has 3 nitrogen and oxygen atoms in total. The van der Waals surface area contributed by atoms with Crippen LogP contribution in [0.25, 0.3) is 0 Å². The van der Waals surface area contributed by atoms with E-state index < -0.39 is 9.84 Å². The van der Waals surface area contributed by atoms with Gasteiger partial charge in [0, 0.05) is 5.92 Å². The minimum Gasteiger partial charge on any atom is -0.330 e. The van der Waals surface area contributed by atoms with Crippen molar-refractivity contribution in [2.24, 2.45) is 11.1 Å². The van der Waals surface area contributed by atoms with Gasteiger partial charge in [-0.25, -0.2) is 8.42 Å². The van der Waals surface area contributed by atoms with Crippen LogP contribution in [0.3, 0.4) is 0 Å². The number of rotatable bonds is 2. The van der Waals surface area contributed by atoms with Crippen molar-refractivity contribution in [1.82, 2.24) is 0 Å². The van der Waals surface area contributed by atoms with Gasteiger partial charge in [0.05, 0.1) is 10.6 Å². The third-order valence-corrected chi connectivity index (χ3v) is 6.57. The van der Waals surface area contributed by atoms with Gasteiger partial charge in [0.15, 0.2) is 9.84 Å². The maximum Gasteiger partial charge on any atom is 0.179 e. The van der Waals surface area contributed by atoms with Gasteiger partial charge in [-0.2, -0.15) is 0 Å². The van der Waals surface area contributed by atoms with Crippen molar-refractivity contribution < 1.29 is 8.42 Å². The van der Waals surface area contributed by atoms with Gasteiger partial charge in [-0.1, -0.05) is 31.0 Å². The number of sulfone groups is 1. The molecule has 1 atom stereocenters. The van der Waals surface area contributed by atoms with E-state index in [0.717, 1.165) is 18.4 Å². The van der Waals surface area contributed by atoms with Gasteiger partial charge >= 0.3 is 0 Å². The van der Waals surface area contributed by atoms with E-state index in [1.165, 1.54) is 12.8 Å². The molecule has 1 unspecified atom stereocenters. The third-order valence-electron chi connectivity index (χ3n) is 4.76. The van der Waals surface area contributed by atoms with E-state index in [2.05, 4.69) is 0 Å². The summed E-state index contributed by atoms with van der Waals surface area (Å²) in [5.41, 5.74) is 7.02. The van der Waals surface area contributed by atoms with Crippen molar-refractivity contribution in [2.75, 3.05) is 12.3 Å². The zero-order valence-electron chi connectivity index (χ0n) is 10.4. The molecule has 1 aliphatic carbocycles. The van der Waals surface area contributed by atoms with Crippen LogP contribution < -0.4 is 5.73 Å². The molecule has 1 aromatic carbocycles. The Kier molecular flexibility index (Phi) is 2.75. The monoisotopic (exact) mass is 265 g/mol. The lowest BCUT2D eigenvalue weighted by Crippen LogP contribution is -2.35. The molecule has 18 heavy (non-hydrogen) atoms. The van der Waals surface area contributed by atoms with Gasteiger partial charge in [0.25, 0.3) is 0 Å². The lowest BCUT2D eigenvalue weighted by Gasteiger charge is -2.34. The molecule has 4 heteroatoms. The summed E-state index contributed by atoms with van der Waals surface area (Å²) in [6.45, 7) is 0.599. The van der Waals surface area contributed by atoms with Gasteiger partial charge in [-0.15, -0.1) is 0 Å². The Morgan fingerprint density at radius 2 is 1.89 bits per heavy atom. The average molecular weight is 265 g/mol. The average Bonchev–Trinajstić information content (AvgIpc) is 2.94. The molecule has 0 saturated heterocycles. The van der Waals surface area contributed by atoms with E-state index in [9.17, 15) is 8.42 Å². The van der Waals surface area contributed by atoms with Crippen molar-refractivity contribution in [1.29, 1.82) is 0 Å². The summed E-state index contributed by atoms with van der Waals surface area (Å²) in [6.07, 6.45) is 4.49. The molecule has 0 aromatic heterocycles. The molecule has 1 aromatic rings. The highest BCUT2D eigenvalue weighted by atomic mass is 32.2. The molecule has 1 fully saturated rings. The molecule has 2 N–H and O–H groups in total. The van der Waals surface area contributed by atoms with Crippen LogP contribution in [-0.2, 0) is 9.84 Å². The predicted molar refractivity (Wildman–Crippen MR) is 71.2 cm³/mol. The van der Waals surface area contributed by atoms with Crippen LogP contribution in [0.1, 0.15) is 37.2 Å². The van der Waals surface area contributed by atoms with Crippen LogP contribution in [0.2, 0.25) is 0 Å². The summed E-state index contributed by atoms with van der Waals surface area (Å²) >= 11 is 0. The molecule has 0 spiro atoms.